The van der Waals surface area contributed by atoms with Crippen molar-refractivity contribution in [2.75, 3.05) is 32.1 Å². The van der Waals surface area contributed by atoms with Crippen LogP contribution >= 0.6 is 11.8 Å². The Balaban J connectivity index is 1.73. The number of thioether (sulfide) groups is 1. The molecule has 0 saturated carbocycles. The number of nitro groups is 1. The Kier molecular flexibility index (Phi) is 4.16. The van der Waals surface area contributed by atoms with Crippen LogP contribution in [-0.2, 0) is 4.74 Å². The van der Waals surface area contributed by atoms with Gasteiger partial charge >= 0.3 is 0 Å². The number of nitro benzene ring substituents is 1. The SMILES string of the molecule is O=[N+]([O-])c1ccc(C2=NN=C(N3CCOCC3)SC2)cc1. The van der Waals surface area contributed by atoms with Gasteiger partial charge in [-0.25, -0.2) is 0 Å². The van der Waals surface area contributed by atoms with Gasteiger partial charge in [0.05, 0.1) is 23.8 Å². The molecule has 0 N–H and O–H groups in total. The molecule has 2 heterocycles. The first kappa shape index (κ1) is 14.0. The van der Waals surface area contributed by atoms with Crippen molar-refractivity contribution in [2.24, 2.45) is 10.2 Å². The summed E-state index contributed by atoms with van der Waals surface area (Å²) < 4.78 is 5.31. The number of hydrogen-bond acceptors (Lipinski definition) is 7. The van der Waals surface area contributed by atoms with Gasteiger partial charge in [-0.3, -0.25) is 10.1 Å². The maximum absolute atomic E-state index is 10.6. The maximum atomic E-state index is 10.6. The summed E-state index contributed by atoms with van der Waals surface area (Å²) in [6, 6.07) is 6.41. The number of hydrogen-bond donors (Lipinski definition) is 0. The Morgan fingerprint density at radius 2 is 1.90 bits per heavy atom. The van der Waals surface area contributed by atoms with Gasteiger partial charge in [-0.1, -0.05) is 11.8 Å². The largest absolute Gasteiger partial charge is 0.378 e. The van der Waals surface area contributed by atoms with Gasteiger partial charge in [-0.2, -0.15) is 5.10 Å². The quantitative estimate of drug-likeness (QED) is 0.614. The molecule has 2 aliphatic heterocycles. The van der Waals surface area contributed by atoms with E-state index in [9.17, 15) is 10.1 Å². The third kappa shape index (κ3) is 3.22. The summed E-state index contributed by atoms with van der Waals surface area (Å²) in [5.41, 5.74) is 1.80. The first-order valence-corrected chi connectivity index (χ1v) is 7.57. The monoisotopic (exact) mass is 306 g/mol. The van der Waals surface area contributed by atoms with Gasteiger partial charge in [0.2, 0.25) is 0 Å². The summed E-state index contributed by atoms with van der Waals surface area (Å²) in [7, 11) is 0. The van der Waals surface area contributed by atoms with Crippen LogP contribution in [0.2, 0.25) is 0 Å². The van der Waals surface area contributed by atoms with Crippen LogP contribution in [0.15, 0.2) is 34.5 Å². The van der Waals surface area contributed by atoms with E-state index in [1.165, 1.54) is 12.1 Å². The zero-order valence-electron chi connectivity index (χ0n) is 11.3. The Bertz CT molecular complexity index is 594. The zero-order chi connectivity index (χ0) is 14.7. The minimum Gasteiger partial charge on any atom is -0.378 e. The van der Waals surface area contributed by atoms with E-state index in [4.69, 9.17) is 4.74 Å². The molecule has 2 aliphatic rings. The van der Waals surface area contributed by atoms with E-state index in [0.29, 0.717) is 5.75 Å². The van der Waals surface area contributed by atoms with Crippen LogP contribution in [0.25, 0.3) is 0 Å². The van der Waals surface area contributed by atoms with E-state index in [1.807, 2.05) is 0 Å². The third-order valence-electron chi connectivity index (χ3n) is 3.29. The van der Waals surface area contributed by atoms with Crippen molar-refractivity contribution in [1.29, 1.82) is 0 Å². The highest BCUT2D eigenvalue weighted by atomic mass is 32.2. The minimum absolute atomic E-state index is 0.0836. The Labute approximate surface area is 125 Å². The number of nitrogens with zero attached hydrogens (tertiary/aromatic N) is 4. The van der Waals surface area contributed by atoms with Crippen molar-refractivity contribution in [3.05, 3.63) is 39.9 Å². The summed E-state index contributed by atoms with van der Waals surface area (Å²) in [6.45, 7) is 3.12. The van der Waals surface area contributed by atoms with Crippen LogP contribution in [0.3, 0.4) is 0 Å². The number of benzene rings is 1. The average Bonchev–Trinajstić information content (AvgIpc) is 2.56. The summed E-state index contributed by atoms with van der Waals surface area (Å²) in [5, 5.41) is 20.1. The summed E-state index contributed by atoms with van der Waals surface area (Å²) in [5.74, 6) is 0.716. The first-order chi connectivity index (χ1) is 10.2. The number of morpholine rings is 1. The van der Waals surface area contributed by atoms with E-state index in [0.717, 1.165) is 42.7 Å². The highest BCUT2D eigenvalue weighted by Gasteiger charge is 2.20. The van der Waals surface area contributed by atoms with Gasteiger partial charge in [-0.15, -0.1) is 5.10 Å². The molecule has 0 atom stereocenters. The molecule has 1 aromatic rings. The summed E-state index contributed by atoms with van der Waals surface area (Å²) in [4.78, 5) is 12.4. The molecule has 1 aromatic carbocycles. The average molecular weight is 306 g/mol. The molecule has 0 unspecified atom stereocenters. The molecule has 0 aromatic heterocycles. The van der Waals surface area contributed by atoms with Crippen molar-refractivity contribution >= 4 is 28.3 Å². The molecule has 0 radical (unpaired) electrons. The molecule has 1 fully saturated rings. The van der Waals surface area contributed by atoms with Crippen LogP contribution in [0.4, 0.5) is 5.69 Å². The van der Waals surface area contributed by atoms with Gasteiger partial charge in [0.1, 0.15) is 0 Å². The van der Waals surface area contributed by atoms with Crippen LogP contribution in [0, 0.1) is 10.1 Å². The van der Waals surface area contributed by atoms with Crippen LogP contribution in [-0.4, -0.2) is 52.8 Å². The molecule has 110 valence electrons. The number of non-ortho nitro benzene ring substituents is 1. The van der Waals surface area contributed by atoms with Crippen molar-refractivity contribution in [3.63, 3.8) is 0 Å². The smallest absolute Gasteiger partial charge is 0.269 e. The summed E-state index contributed by atoms with van der Waals surface area (Å²) >= 11 is 1.64. The van der Waals surface area contributed by atoms with Crippen molar-refractivity contribution in [1.82, 2.24) is 4.90 Å². The lowest BCUT2D eigenvalue weighted by Crippen LogP contribution is -2.40. The van der Waals surface area contributed by atoms with Crippen molar-refractivity contribution in [3.8, 4) is 0 Å². The van der Waals surface area contributed by atoms with E-state index >= 15 is 0 Å². The standard InChI is InChI=1S/C13H14N4O3S/c18-17(19)11-3-1-10(2-4-11)12-9-21-13(15-14-12)16-5-7-20-8-6-16/h1-4H,5-9H2. The van der Waals surface area contributed by atoms with E-state index in [2.05, 4.69) is 15.1 Å². The second-order valence-corrected chi connectivity index (χ2v) is 5.56. The Hall–Kier alpha value is -1.93. The molecule has 1 saturated heterocycles. The van der Waals surface area contributed by atoms with Gasteiger partial charge in [0.15, 0.2) is 5.17 Å². The van der Waals surface area contributed by atoms with Gasteiger partial charge < -0.3 is 9.64 Å². The molecule has 0 spiro atoms. The van der Waals surface area contributed by atoms with Crippen LogP contribution in [0.1, 0.15) is 5.56 Å². The molecular weight excluding hydrogens is 292 g/mol. The first-order valence-electron chi connectivity index (χ1n) is 6.59. The molecule has 8 heteroatoms. The fourth-order valence-corrected chi connectivity index (χ4v) is 3.07. The molecule has 0 amide bonds. The predicted molar refractivity (Wildman–Crippen MR) is 81.9 cm³/mol. The molecule has 21 heavy (non-hydrogen) atoms. The van der Waals surface area contributed by atoms with Crippen LogP contribution in [0.5, 0.6) is 0 Å². The Morgan fingerprint density at radius 3 is 2.48 bits per heavy atom. The van der Waals surface area contributed by atoms with Crippen molar-refractivity contribution < 1.29 is 9.66 Å². The van der Waals surface area contributed by atoms with Gasteiger partial charge in [0, 0.05) is 31.0 Å². The fourth-order valence-electron chi connectivity index (χ4n) is 2.12. The third-order valence-corrected chi connectivity index (χ3v) is 4.30. The predicted octanol–water partition coefficient (Wildman–Crippen LogP) is 1.73. The minimum atomic E-state index is -0.407. The zero-order valence-corrected chi connectivity index (χ0v) is 12.1. The Morgan fingerprint density at radius 1 is 1.19 bits per heavy atom. The number of ether oxygens (including phenoxy) is 1. The second kappa shape index (κ2) is 6.23. The molecule has 0 aliphatic carbocycles. The summed E-state index contributed by atoms with van der Waals surface area (Å²) in [6.07, 6.45) is 0. The van der Waals surface area contributed by atoms with E-state index in [1.54, 1.807) is 23.9 Å². The number of amidine groups is 1. The molecule has 7 nitrogen and oxygen atoms in total. The highest BCUT2D eigenvalue weighted by molar-refractivity contribution is 8.14. The topological polar surface area (TPSA) is 80.3 Å². The highest BCUT2D eigenvalue weighted by Crippen LogP contribution is 2.20. The lowest BCUT2D eigenvalue weighted by Gasteiger charge is -2.29. The van der Waals surface area contributed by atoms with Crippen molar-refractivity contribution in [2.45, 2.75) is 0 Å². The van der Waals surface area contributed by atoms with Gasteiger partial charge in [0.25, 0.3) is 5.69 Å². The fraction of sp³-hybridized carbons (Fsp3) is 0.385. The van der Waals surface area contributed by atoms with E-state index < -0.39 is 4.92 Å². The molecule has 0 bridgehead atoms. The lowest BCUT2D eigenvalue weighted by molar-refractivity contribution is -0.384. The molecule has 3 rings (SSSR count). The number of rotatable bonds is 2. The van der Waals surface area contributed by atoms with Crippen LogP contribution < -0.4 is 0 Å². The normalized spacial score (nSPS) is 19.0. The second-order valence-electron chi connectivity index (χ2n) is 4.62. The lowest BCUT2D eigenvalue weighted by atomic mass is 10.1. The van der Waals surface area contributed by atoms with Gasteiger partial charge in [-0.05, 0) is 17.7 Å². The van der Waals surface area contributed by atoms with E-state index in [-0.39, 0.29) is 5.69 Å². The molecular formula is C13H14N4O3S. The maximum Gasteiger partial charge on any atom is 0.269 e.